The number of pyridine rings is 1. The number of ether oxygens (including phenoxy) is 1. The molecule has 1 heterocycles. The smallest absolute Gasteiger partial charge is 0.227 e. The Morgan fingerprint density at radius 3 is 2.80 bits per heavy atom. The van der Waals surface area contributed by atoms with Gasteiger partial charge < -0.3 is 10.1 Å². The van der Waals surface area contributed by atoms with Crippen molar-refractivity contribution >= 4 is 27.5 Å². The lowest BCUT2D eigenvalue weighted by atomic mass is 10.3. The van der Waals surface area contributed by atoms with E-state index in [0.29, 0.717) is 18.7 Å². The molecule has 1 amide bonds. The van der Waals surface area contributed by atoms with E-state index in [4.69, 9.17) is 4.74 Å². The molecular weight excluding hydrogens is 320 g/mol. The fraction of sp³-hybridized carbons (Fsp3) is 0.200. The number of amides is 1. The van der Waals surface area contributed by atoms with E-state index in [0.717, 1.165) is 15.9 Å². The molecule has 1 aromatic carbocycles. The molecule has 0 spiro atoms. The molecule has 20 heavy (non-hydrogen) atoms. The summed E-state index contributed by atoms with van der Waals surface area (Å²) >= 11 is 3.32. The first-order valence-electron chi connectivity index (χ1n) is 6.25. The third kappa shape index (κ3) is 4.35. The highest BCUT2D eigenvalue weighted by Crippen LogP contribution is 2.16. The van der Waals surface area contributed by atoms with Crippen LogP contribution in [0, 0.1) is 6.92 Å². The van der Waals surface area contributed by atoms with Gasteiger partial charge in [-0.15, -0.1) is 0 Å². The number of nitrogens with one attached hydrogen (secondary N) is 1. The zero-order valence-electron chi connectivity index (χ0n) is 11.1. The number of hydrogen-bond acceptors (Lipinski definition) is 3. The van der Waals surface area contributed by atoms with Crippen LogP contribution in [0.3, 0.4) is 0 Å². The SMILES string of the molecule is Cc1cc(NC(=O)CCOc2ccccc2)cnc1Br. The van der Waals surface area contributed by atoms with E-state index in [1.165, 1.54) is 0 Å². The molecule has 0 fully saturated rings. The van der Waals surface area contributed by atoms with Gasteiger partial charge in [-0.2, -0.15) is 0 Å². The molecule has 0 radical (unpaired) electrons. The van der Waals surface area contributed by atoms with Gasteiger partial charge in [-0.1, -0.05) is 18.2 Å². The molecule has 0 aliphatic heterocycles. The van der Waals surface area contributed by atoms with Gasteiger partial charge in [0.2, 0.25) is 5.91 Å². The predicted octanol–water partition coefficient (Wildman–Crippen LogP) is 3.56. The number of hydrogen-bond donors (Lipinski definition) is 1. The van der Waals surface area contributed by atoms with Crippen molar-refractivity contribution in [1.29, 1.82) is 0 Å². The van der Waals surface area contributed by atoms with Crippen molar-refractivity contribution in [2.75, 3.05) is 11.9 Å². The minimum atomic E-state index is -0.0931. The maximum Gasteiger partial charge on any atom is 0.227 e. The molecule has 0 saturated heterocycles. The molecule has 1 aromatic heterocycles. The molecule has 2 rings (SSSR count). The minimum absolute atomic E-state index is 0.0931. The molecule has 0 unspecified atom stereocenters. The van der Waals surface area contributed by atoms with Crippen LogP contribution in [0.5, 0.6) is 5.75 Å². The highest BCUT2D eigenvalue weighted by atomic mass is 79.9. The fourth-order valence-corrected chi connectivity index (χ4v) is 1.85. The van der Waals surface area contributed by atoms with E-state index < -0.39 is 0 Å². The zero-order valence-corrected chi connectivity index (χ0v) is 12.7. The van der Waals surface area contributed by atoms with Crippen LogP contribution in [0.25, 0.3) is 0 Å². The molecule has 2 aromatic rings. The summed E-state index contributed by atoms with van der Waals surface area (Å²) in [4.78, 5) is 15.9. The summed E-state index contributed by atoms with van der Waals surface area (Å²) < 4.78 is 6.25. The van der Waals surface area contributed by atoms with Crippen molar-refractivity contribution < 1.29 is 9.53 Å². The lowest BCUT2D eigenvalue weighted by molar-refractivity contribution is -0.116. The van der Waals surface area contributed by atoms with Gasteiger partial charge in [0.15, 0.2) is 0 Å². The highest BCUT2D eigenvalue weighted by Gasteiger charge is 2.05. The largest absolute Gasteiger partial charge is 0.493 e. The molecule has 0 aliphatic carbocycles. The molecule has 4 nitrogen and oxygen atoms in total. The second-order valence-electron chi connectivity index (χ2n) is 4.29. The van der Waals surface area contributed by atoms with E-state index >= 15 is 0 Å². The van der Waals surface area contributed by atoms with E-state index in [2.05, 4.69) is 26.2 Å². The summed E-state index contributed by atoms with van der Waals surface area (Å²) in [5, 5.41) is 2.79. The van der Waals surface area contributed by atoms with Gasteiger partial charge in [0.1, 0.15) is 10.4 Å². The first-order chi connectivity index (χ1) is 9.65. The van der Waals surface area contributed by atoms with Crippen molar-refractivity contribution in [2.24, 2.45) is 0 Å². The topological polar surface area (TPSA) is 51.2 Å². The number of nitrogens with zero attached hydrogens (tertiary/aromatic N) is 1. The molecular formula is C15H15BrN2O2. The second-order valence-corrected chi connectivity index (χ2v) is 5.04. The number of benzene rings is 1. The summed E-state index contributed by atoms with van der Waals surface area (Å²) in [6.07, 6.45) is 1.91. The Hall–Kier alpha value is -1.88. The van der Waals surface area contributed by atoms with Crippen LogP contribution in [0.15, 0.2) is 47.2 Å². The van der Waals surface area contributed by atoms with Crippen LogP contribution < -0.4 is 10.1 Å². The normalized spacial score (nSPS) is 10.1. The van der Waals surface area contributed by atoms with E-state index in [1.807, 2.05) is 43.3 Å². The first kappa shape index (κ1) is 14.5. The number of aromatic nitrogens is 1. The monoisotopic (exact) mass is 334 g/mol. The lowest BCUT2D eigenvalue weighted by Gasteiger charge is -2.08. The van der Waals surface area contributed by atoms with Gasteiger partial charge in [0.25, 0.3) is 0 Å². The molecule has 5 heteroatoms. The van der Waals surface area contributed by atoms with Crippen molar-refractivity contribution in [3.05, 3.63) is 52.8 Å². The van der Waals surface area contributed by atoms with Gasteiger partial charge in [-0.3, -0.25) is 4.79 Å². The molecule has 0 saturated carbocycles. The van der Waals surface area contributed by atoms with Gasteiger partial charge in [0.05, 0.1) is 24.9 Å². The van der Waals surface area contributed by atoms with Crippen LogP contribution in [-0.2, 0) is 4.79 Å². The van der Waals surface area contributed by atoms with E-state index in [9.17, 15) is 4.79 Å². The predicted molar refractivity (Wildman–Crippen MR) is 81.9 cm³/mol. The first-order valence-corrected chi connectivity index (χ1v) is 7.04. The van der Waals surface area contributed by atoms with Crippen LogP contribution in [-0.4, -0.2) is 17.5 Å². The average molecular weight is 335 g/mol. The third-order valence-corrected chi connectivity index (χ3v) is 3.47. The second kappa shape index (κ2) is 7.05. The van der Waals surface area contributed by atoms with Gasteiger partial charge in [0, 0.05) is 0 Å². The Bertz CT molecular complexity index is 588. The lowest BCUT2D eigenvalue weighted by Crippen LogP contribution is -2.15. The Labute approximate surface area is 126 Å². The van der Waals surface area contributed by atoms with Crippen molar-refractivity contribution in [1.82, 2.24) is 4.98 Å². The molecule has 0 bridgehead atoms. The van der Waals surface area contributed by atoms with Gasteiger partial charge >= 0.3 is 0 Å². The molecule has 0 atom stereocenters. The number of rotatable bonds is 5. The molecule has 104 valence electrons. The van der Waals surface area contributed by atoms with Crippen LogP contribution >= 0.6 is 15.9 Å². The quantitative estimate of drug-likeness (QED) is 0.850. The van der Waals surface area contributed by atoms with Crippen molar-refractivity contribution in [2.45, 2.75) is 13.3 Å². The summed E-state index contributed by atoms with van der Waals surface area (Å²) in [7, 11) is 0. The Balaban J connectivity index is 1.79. The number of para-hydroxylation sites is 1. The van der Waals surface area contributed by atoms with E-state index in [1.54, 1.807) is 6.20 Å². The number of anilines is 1. The van der Waals surface area contributed by atoms with Crippen molar-refractivity contribution in [3.63, 3.8) is 0 Å². The summed E-state index contributed by atoms with van der Waals surface area (Å²) in [5.74, 6) is 0.672. The molecule has 1 N–H and O–H groups in total. The third-order valence-electron chi connectivity index (χ3n) is 2.64. The Kier molecular flexibility index (Phi) is 5.12. The fourth-order valence-electron chi connectivity index (χ4n) is 1.63. The maximum absolute atomic E-state index is 11.8. The summed E-state index contributed by atoms with van der Waals surface area (Å²) in [6, 6.07) is 11.3. The van der Waals surface area contributed by atoms with E-state index in [-0.39, 0.29) is 5.91 Å². The number of aryl methyl sites for hydroxylation is 1. The van der Waals surface area contributed by atoms with Crippen LogP contribution in [0.2, 0.25) is 0 Å². The maximum atomic E-state index is 11.8. The standard InChI is InChI=1S/C15H15BrN2O2/c1-11-9-12(10-17-15(11)16)18-14(19)7-8-20-13-5-3-2-4-6-13/h2-6,9-10H,7-8H2,1H3,(H,18,19). The van der Waals surface area contributed by atoms with Gasteiger partial charge in [-0.05, 0) is 46.6 Å². The minimum Gasteiger partial charge on any atom is -0.493 e. The molecule has 0 aliphatic rings. The number of halogens is 1. The zero-order chi connectivity index (χ0) is 14.4. The van der Waals surface area contributed by atoms with Crippen LogP contribution in [0.4, 0.5) is 5.69 Å². The number of carbonyl (C=O) groups excluding carboxylic acids is 1. The highest BCUT2D eigenvalue weighted by molar-refractivity contribution is 9.10. The Morgan fingerprint density at radius 1 is 1.35 bits per heavy atom. The number of carbonyl (C=O) groups is 1. The van der Waals surface area contributed by atoms with Gasteiger partial charge in [-0.25, -0.2) is 4.98 Å². The summed E-state index contributed by atoms with van der Waals surface area (Å²) in [5.41, 5.74) is 1.67. The van der Waals surface area contributed by atoms with Crippen LogP contribution in [0.1, 0.15) is 12.0 Å². The summed E-state index contributed by atoms with van der Waals surface area (Å²) in [6.45, 7) is 2.27. The average Bonchev–Trinajstić information content (AvgIpc) is 2.44. The Morgan fingerprint density at radius 2 is 2.10 bits per heavy atom. The van der Waals surface area contributed by atoms with Crippen molar-refractivity contribution in [3.8, 4) is 5.75 Å².